The fourth-order valence-corrected chi connectivity index (χ4v) is 3.97. The topological polar surface area (TPSA) is 65.5 Å². The zero-order chi connectivity index (χ0) is 18.8. The minimum Gasteiger partial charge on any atom is -0.368 e. The Bertz CT molecular complexity index is 826. The first-order valence-electron chi connectivity index (χ1n) is 9.12. The number of carbonyl (C=O) groups is 2. The predicted octanol–water partition coefficient (Wildman–Crippen LogP) is 3.04. The number of hydrogen-bond donors (Lipinski definition) is 1. The van der Waals surface area contributed by atoms with Gasteiger partial charge >= 0.3 is 0 Å². The molecule has 8 heteroatoms. The molecule has 1 N–H and O–H groups in total. The van der Waals surface area contributed by atoms with Crippen LogP contribution in [0.15, 0.2) is 29.6 Å². The second-order valence-electron chi connectivity index (χ2n) is 6.93. The Kier molecular flexibility index (Phi) is 5.31. The van der Waals surface area contributed by atoms with E-state index in [9.17, 15) is 9.59 Å². The summed E-state index contributed by atoms with van der Waals surface area (Å²) in [7, 11) is 0. The molecule has 0 radical (unpaired) electrons. The number of rotatable bonds is 5. The van der Waals surface area contributed by atoms with E-state index >= 15 is 0 Å². The van der Waals surface area contributed by atoms with E-state index in [0.717, 1.165) is 42.3 Å². The van der Waals surface area contributed by atoms with Gasteiger partial charge in [-0.05, 0) is 37.1 Å². The molecule has 1 aromatic carbocycles. The van der Waals surface area contributed by atoms with Crippen LogP contribution in [-0.4, -0.2) is 47.9 Å². The van der Waals surface area contributed by atoms with Crippen molar-refractivity contribution in [3.8, 4) is 0 Å². The van der Waals surface area contributed by atoms with Gasteiger partial charge in [0.1, 0.15) is 0 Å². The highest BCUT2D eigenvalue weighted by molar-refractivity contribution is 7.13. The lowest BCUT2D eigenvalue weighted by Crippen LogP contribution is -2.49. The van der Waals surface area contributed by atoms with Crippen LogP contribution in [0.5, 0.6) is 0 Å². The summed E-state index contributed by atoms with van der Waals surface area (Å²) in [5.74, 6) is 0.271. The summed E-state index contributed by atoms with van der Waals surface area (Å²) in [6.07, 6.45) is 2.20. The summed E-state index contributed by atoms with van der Waals surface area (Å²) in [5, 5.41) is 5.99. The molecule has 6 nitrogen and oxygen atoms in total. The Labute approximate surface area is 167 Å². The molecule has 2 amide bonds. The number of halogens is 1. The van der Waals surface area contributed by atoms with E-state index < -0.39 is 0 Å². The molecule has 1 aliphatic carbocycles. The number of nitrogens with zero attached hydrogens (tertiary/aromatic N) is 3. The summed E-state index contributed by atoms with van der Waals surface area (Å²) >= 11 is 7.32. The summed E-state index contributed by atoms with van der Waals surface area (Å²) in [5.41, 5.74) is 1.85. The number of aromatic nitrogens is 1. The first-order valence-corrected chi connectivity index (χ1v) is 10.4. The number of nitrogens with one attached hydrogen (secondary N) is 1. The normalized spacial score (nSPS) is 17.1. The van der Waals surface area contributed by atoms with Crippen molar-refractivity contribution in [3.63, 3.8) is 0 Å². The third kappa shape index (κ3) is 4.59. The Balaban J connectivity index is 1.27. The van der Waals surface area contributed by atoms with E-state index in [-0.39, 0.29) is 24.2 Å². The van der Waals surface area contributed by atoms with Gasteiger partial charge in [-0.1, -0.05) is 11.6 Å². The van der Waals surface area contributed by atoms with Crippen molar-refractivity contribution in [1.82, 2.24) is 9.88 Å². The number of thiazole rings is 1. The average Bonchev–Trinajstić information content (AvgIpc) is 3.44. The van der Waals surface area contributed by atoms with E-state index in [1.165, 1.54) is 11.3 Å². The molecule has 0 unspecified atom stereocenters. The molecule has 0 spiro atoms. The van der Waals surface area contributed by atoms with Gasteiger partial charge in [0.25, 0.3) is 0 Å². The van der Waals surface area contributed by atoms with E-state index in [1.807, 2.05) is 34.5 Å². The van der Waals surface area contributed by atoms with Gasteiger partial charge in [0.05, 0.1) is 12.1 Å². The molecule has 2 fully saturated rings. The SMILES string of the molecule is O=C(Nc1nc(CC(=O)N2CCN(c3ccc(Cl)cc3)CC2)cs1)C1CC1. The molecule has 1 saturated heterocycles. The lowest BCUT2D eigenvalue weighted by Gasteiger charge is -2.36. The largest absolute Gasteiger partial charge is 0.368 e. The summed E-state index contributed by atoms with van der Waals surface area (Å²) in [4.78, 5) is 32.9. The molecular formula is C19H21ClN4O2S. The molecular weight excluding hydrogens is 384 g/mol. The van der Waals surface area contributed by atoms with Crippen LogP contribution in [0.4, 0.5) is 10.8 Å². The van der Waals surface area contributed by atoms with Gasteiger partial charge in [0, 0.05) is 48.2 Å². The highest BCUT2D eigenvalue weighted by Gasteiger charge is 2.30. The zero-order valence-corrected chi connectivity index (χ0v) is 16.4. The first kappa shape index (κ1) is 18.3. The van der Waals surface area contributed by atoms with Crippen LogP contribution in [0.1, 0.15) is 18.5 Å². The lowest BCUT2D eigenvalue weighted by molar-refractivity contribution is -0.130. The zero-order valence-electron chi connectivity index (χ0n) is 14.9. The van der Waals surface area contributed by atoms with Gasteiger partial charge in [-0.25, -0.2) is 4.98 Å². The maximum Gasteiger partial charge on any atom is 0.229 e. The van der Waals surface area contributed by atoms with Crippen LogP contribution >= 0.6 is 22.9 Å². The van der Waals surface area contributed by atoms with Crippen molar-refractivity contribution in [1.29, 1.82) is 0 Å². The molecule has 4 rings (SSSR count). The van der Waals surface area contributed by atoms with Crippen molar-refractivity contribution in [2.24, 2.45) is 5.92 Å². The standard InChI is InChI=1S/C19H21ClN4O2S/c20-14-3-5-16(6-4-14)23-7-9-24(10-8-23)17(25)11-15-12-27-19(21-15)22-18(26)13-1-2-13/h3-6,12-13H,1-2,7-11H2,(H,21,22,26). The van der Waals surface area contributed by atoms with Crippen molar-refractivity contribution < 1.29 is 9.59 Å². The van der Waals surface area contributed by atoms with Crippen LogP contribution < -0.4 is 10.2 Å². The Morgan fingerprint density at radius 1 is 1.15 bits per heavy atom. The van der Waals surface area contributed by atoms with Gasteiger partial charge in [-0.15, -0.1) is 11.3 Å². The van der Waals surface area contributed by atoms with Gasteiger partial charge in [0.15, 0.2) is 5.13 Å². The Hall–Kier alpha value is -2.12. The number of anilines is 2. The third-order valence-electron chi connectivity index (χ3n) is 4.89. The highest BCUT2D eigenvalue weighted by Crippen LogP contribution is 2.30. The second kappa shape index (κ2) is 7.86. The van der Waals surface area contributed by atoms with Crippen LogP contribution in [0.25, 0.3) is 0 Å². The van der Waals surface area contributed by atoms with Crippen molar-refractivity contribution in [3.05, 3.63) is 40.4 Å². The lowest BCUT2D eigenvalue weighted by atomic mass is 10.2. The van der Waals surface area contributed by atoms with Crippen molar-refractivity contribution in [2.75, 3.05) is 36.4 Å². The van der Waals surface area contributed by atoms with Gasteiger partial charge in [0.2, 0.25) is 11.8 Å². The maximum atomic E-state index is 12.6. The van der Waals surface area contributed by atoms with Gasteiger partial charge < -0.3 is 15.1 Å². The van der Waals surface area contributed by atoms with E-state index in [0.29, 0.717) is 18.2 Å². The van der Waals surface area contributed by atoms with E-state index in [4.69, 9.17) is 11.6 Å². The summed E-state index contributed by atoms with van der Waals surface area (Å²) in [6.45, 7) is 2.98. The van der Waals surface area contributed by atoms with Crippen LogP contribution in [0.2, 0.25) is 5.02 Å². The third-order valence-corrected chi connectivity index (χ3v) is 5.95. The Morgan fingerprint density at radius 3 is 2.52 bits per heavy atom. The van der Waals surface area contributed by atoms with Gasteiger partial charge in [-0.3, -0.25) is 9.59 Å². The monoisotopic (exact) mass is 404 g/mol. The molecule has 1 aromatic heterocycles. The number of benzene rings is 1. The number of hydrogen-bond acceptors (Lipinski definition) is 5. The summed E-state index contributed by atoms with van der Waals surface area (Å²) < 4.78 is 0. The van der Waals surface area contributed by atoms with Crippen LogP contribution in [0, 0.1) is 5.92 Å². The highest BCUT2D eigenvalue weighted by atomic mass is 35.5. The number of carbonyl (C=O) groups excluding carboxylic acids is 2. The molecule has 2 heterocycles. The van der Waals surface area contributed by atoms with E-state index in [1.54, 1.807) is 0 Å². The molecule has 0 atom stereocenters. The predicted molar refractivity (Wildman–Crippen MR) is 107 cm³/mol. The summed E-state index contributed by atoms with van der Waals surface area (Å²) in [6, 6.07) is 7.78. The number of amides is 2. The fourth-order valence-electron chi connectivity index (χ4n) is 3.13. The molecule has 2 aromatic rings. The van der Waals surface area contributed by atoms with Gasteiger partial charge in [-0.2, -0.15) is 0 Å². The van der Waals surface area contributed by atoms with Crippen molar-refractivity contribution >= 4 is 45.6 Å². The van der Waals surface area contributed by atoms with Crippen LogP contribution in [-0.2, 0) is 16.0 Å². The van der Waals surface area contributed by atoms with Crippen LogP contribution in [0.3, 0.4) is 0 Å². The smallest absolute Gasteiger partial charge is 0.229 e. The second-order valence-corrected chi connectivity index (χ2v) is 8.22. The molecule has 1 saturated carbocycles. The average molecular weight is 405 g/mol. The molecule has 1 aliphatic heterocycles. The molecule has 142 valence electrons. The Morgan fingerprint density at radius 2 is 1.85 bits per heavy atom. The molecule has 27 heavy (non-hydrogen) atoms. The molecule has 0 bridgehead atoms. The first-order chi connectivity index (χ1) is 13.1. The maximum absolute atomic E-state index is 12.6. The minimum atomic E-state index is 0.0422. The molecule has 2 aliphatic rings. The number of piperazine rings is 1. The van der Waals surface area contributed by atoms with E-state index in [2.05, 4.69) is 15.2 Å². The van der Waals surface area contributed by atoms with Crippen molar-refractivity contribution in [2.45, 2.75) is 19.3 Å². The quantitative estimate of drug-likeness (QED) is 0.831. The minimum absolute atomic E-state index is 0.0422. The fraction of sp³-hybridized carbons (Fsp3) is 0.421.